The van der Waals surface area contributed by atoms with Crippen LogP contribution in [0.25, 0.3) is 0 Å². The Hall–Kier alpha value is -1.55. The normalized spacial score (nSPS) is 19.4. The Balaban J connectivity index is 1.92. The van der Waals surface area contributed by atoms with E-state index in [0.29, 0.717) is 23.9 Å². The second-order valence-electron chi connectivity index (χ2n) is 4.86. The number of hydrogen-bond acceptors (Lipinski definition) is 3. The van der Waals surface area contributed by atoms with Crippen LogP contribution in [0.3, 0.4) is 0 Å². The Bertz CT molecular complexity index is 552. The van der Waals surface area contributed by atoms with Crippen LogP contribution in [0.2, 0.25) is 5.02 Å². The smallest absolute Gasteiger partial charge is 0.243 e. The van der Waals surface area contributed by atoms with Gasteiger partial charge in [-0.1, -0.05) is 11.6 Å². The van der Waals surface area contributed by atoms with E-state index in [0.717, 1.165) is 29.9 Å². The number of hydrazone groups is 1. The lowest BCUT2D eigenvalue weighted by atomic mass is 10.0. The molecule has 1 aliphatic carbocycles. The molecule has 0 saturated heterocycles. The molecule has 100 valence electrons. The van der Waals surface area contributed by atoms with E-state index in [-0.39, 0.29) is 5.91 Å². The number of rotatable bonds is 3. The molecule has 0 spiro atoms. The number of nitrogens with zero attached hydrogens (tertiary/aromatic N) is 2. The number of ether oxygens (including phenoxy) is 1. The van der Waals surface area contributed by atoms with Gasteiger partial charge in [0.1, 0.15) is 5.75 Å². The van der Waals surface area contributed by atoms with Crippen molar-refractivity contribution >= 4 is 23.2 Å². The third-order valence-corrected chi connectivity index (χ3v) is 3.75. The second-order valence-corrected chi connectivity index (χ2v) is 5.27. The standard InChI is InChI=1S/C14H15ClN2O2/c1-19-10-4-5-11(12(15)8-10)13-6-7-14(18)17(16-13)9-2-3-9/h4-5,8-9H,2-3,6-7H2,1H3. The van der Waals surface area contributed by atoms with Crippen LogP contribution >= 0.6 is 11.6 Å². The summed E-state index contributed by atoms with van der Waals surface area (Å²) in [7, 11) is 1.61. The molecule has 1 fully saturated rings. The van der Waals surface area contributed by atoms with Crippen LogP contribution < -0.4 is 4.74 Å². The van der Waals surface area contributed by atoms with Gasteiger partial charge in [-0.2, -0.15) is 5.10 Å². The minimum atomic E-state index is 0.121. The summed E-state index contributed by atoms with van der Waals surface area (Å²) in [5, 5.41) is 6.74. The first-order valence-electron chi connectivity index (χ1n) is 6.42. The number of methoxy groups -OCH3 is 1. The lowest BCUT2D eigenvalue weighted by molar-refractivity contribution is -0.132. The molecule has 3 rings (SSSR count). The highest BCUT2D eigenvalue weighted by Gasteiger charge is 2.35. The second kappa shape index (κ2) is 4.85. The predicted molar refractivity (Wildman–Crippen MR) is 73.6 cm³/mol. The van der Waals surface area contributed by atoms with E-state index in [4.69, 9.17) is 16.3 Å². The Kier molecular flexibility index (Phi) is 3.19. The summed E-state index contributed by atoms with van der Waals surface area (Å²) in [4.78, 5) is 11.8. The number of hydrogen-bond donors (Lipinski definition) is 0. The highest BCUT2D eigenvalue weighted by Crippen LogP contribution is 2.32. The van der Waals surface area contributed by atoms with E-state index in [1.807, 2.05) is 12.1 Å². The van der Waals surface area contributed by atoms with Gasteiger partial charge in [-0.3, -0.25) is 4.79 Å². The Morgan fingerprint density at radius 1 is 1.37 bits per heavy atom. The maximum absolute atomic E-state index is 11.8. The molecule has 1 aromatic carbocycles. The minimum Gasteiger partial charge on any atom is -0.497 e. The fraction of sp³-hybridized carbons (Fsp3) is 0.429. The van der Waals surface area contributed by atoms with Crippen molar-refractivity contribution < 1.29 is 9.53 Å². The van der Waals surface area contributed by atoms with Crippen LogP contribution in [0.5, 0.6) is 5.75 Å². The van der Waals surface area contributed by atoms with E-state index in [1.54, 1.807) is 18.2 Å². The first-order chi connectivity index (χ1) is 9.19. The van der Waals surface area contributed by atoms with E-state index in [1.165, 1.54) is 0 Å². The van der Waals surface area contributed by atoms with Crippen molar-refractivity contribution in [2.75, 3.05) is 7.11 Å². The zero-order valence-corrected chi connectivity index (χ0v) is 11.5. The molecule has 5 heteroatoms. The molecular weight excluding hydrogens is 264 g/mol. The molecule has 0 atom stereocenters. The summed E-state index contributed by atoms with van der Waals surface area (Å²) in [6.07, 6.45) is 3.27. The van der Waals surface area contributed by atoms with Crippen molar-refractivity contribution in [3.05, 3.63) is 28.8 Å². The molecule has 0 radical (unpaired) electrons. The molecule has 0 aromatic heterocycles. The number of amides is 1. The lowest BCUT2D eigenvalue weighted by Gasteiger charge is -2.23. The fourth-order valence-electron chi connectivity index (χ4n) is 2.23. The first kappa shape index (κ1) is 12.5. The van der Waals surface area contributed by atoms with Crippen LogP contribution in [-0.2, 0) is 4.79 Å². The molecule has 1 heterocycles. The van der Waals surface area contributed by atoms with Gasteiger partial charge >= 0.3 is 0 Å². The van der Waals surface area contributed by atoms with Gasteiger partial charge in [-0.25, -0.2) is 5.01 Å². The third kappa shape index (κ3) is 2.45. The maximum atomic E-state index is 11.8. The van der Waals surface area contributed by atoms with Gasteiger partial charge in [0.2, 0.25) is 5.91 Å². The molecule has 1 aliphatic heterocycles. The first-order valence-corrected chi connectivity index (χ1v) is 6.80. The zero-order chi connectivity index (χ0) is 13.4. The van der Waals surface area contributed by atoms with Gasteiger partial charge in [0.25, 0.3) is 0 Å². The Labute approximate surface area is 117 Å². The van der Waals surface area contributed by atoms with E-state index in [2.05, 4.69) is 5.10 Å². The zero-order valence-electron chi connectivity index (χ0n) is 10.7. The van der Waals surface area contributed by atoms with Crippen molar-refractivity contribution in [2.45, 2.75) is 31.7 Å². The Morgan fingerprint density at radius 3 is 2.79 bits per heavy atom. The summed E-state index contributed by atoms with van der Waals surface area (Å²) < 4.78 is 5.13. The van der Waals surface area contributed by atoms with Gasteiger partial charge < -0.3 is 4.74 Å². The number of benzene rings is 1. The molecule has 0 unspecified atom stereocenters. The lowest BCUT2D eigenvalue weighted by Crippen LogP contribution is -2.33. The summed E-state index contributed by atoms with van der Waals surface area (Å²) >= 11 is 6.26. The van der Waals surface area contributed by atoms with Crippen molar-refractivity contribution in [2.24, 2.45) is 5.10 Å². The van der Waals surface area contributed by atoms with Crippen LogP contribution in [0.1, 0.15) is 31.2 Å². The van der Waals surface area contributed by atoms with E-state index >= 15 is 0 Å². The monoisotopic (exact) mass is 278 g/mol. The van der Waals surface area contributed by atoms with Gasteiger partial charge in [0.05, 0.1) is 23.9 Å². The highest BCUT2D eigenvalue weighted by molar-refractivity contribution is 6.34. The SMILES string of the molecule is COc1ccc(C2=NN(C3CC3)C(=O)CC2)c(Cl)c1. The molecule has 1 saturated carbocycles. The molecule has 0 N–H and O–H groups in total. The van der Waals surface area contributed by atoms with Gasteiger partial charge in [-0.05, 0) is 31.0 Å². The topological polar surface area (TPSA) is 41.9 Å². The molecular formula is C14H15ClN2O2. The summed E-state index contributed by atoms with van der Waals surface area (Å²) in [6.45, 7) is 0. The van der Waals surface area contributed by atoms with E-state index in [9.17, 15) is 4.79 Å². The van der Waals surface area contributed by atoms with Crippen LogP contribution in [-0.4, -0.2) is 29.8 Å². The fourth-order valence-corrected chi connectivity index (χ4v) is 2.51. The summed E-state index contributed by atoms with van der Waals surface area (Å²) in [5.74, 6) is 0.844. The molecule has 2 aliphatic rings. The van der Waals surface area contributed by atoms with Crippen LogP contribution in [0.15, 0.2) is 23.3 Å². The quantitative estimate of drug-likeness (QED) is 0.853. The minimum absolute atomic E-state index is 0.121. The van der Waals surface area contributed by atoms with Crippen LogP contribution in [0.4, 0.5) is 0 Å². The predicted octanol–water partition coefficient (Wildman–Crippen LogP) is 2.84. The van der Waals surface area contributed by atoms with Crippen molar-refractivity contribution in [1.29, 1.82) is 0 Å². The highest BCUT2D eigenvalue weighted by atomic mass is 35.5. The van der Waals surface area contributed by atoms with Gasteiger partial charge in [0.15, 0.2) is 0 Å². The molecule has 1 amide bonds. The molecule has 0 bridgehead atoms. The molecule has 4 nitrogen and oxygen atoms in total. The van der Waals surface area contributed by atoms with Crippen LogP contribution in [0, 0.1) is 0 Å². The average molecular weight is 279 g/mol. The van der Waals surface area contributed by atoms with Crippen molar-refractivity contribution in [3.8, 4) is 5.75 Å². The molecule has 19 heavy (non-hydrogen) atoms. The van der Waals surface area contributed by atoms with Gasteiger partial charge in [0, 0.05) is 18.4 Å². The van der Waals surface area contributed by atoms with Crippen molar-refractivity contribution in [1.82, 2.24) is 5.01 Å². The maximum Gasteiger partial charge on any atom is 0.243 e. The summed E-state index contributed by atoms with van der Waals surface area (Å²) in [6, 6.07) is 5.85. The van der Waals surface area contributed by atoms with Gasteiger partial charge in [-0.15, -0.1) is 0 Å². The third-order valence-electron chi connectivity index (χ3n) is 3.44. The number of carbonyl (C=O) groups is 1. The number of halogens is 1. The van der Waals surface area contributed by atoms with Crippen molar-refractivity contribution in [3.63, 3.8) is 0 Å². The van der Waals surface area contributed by atoms with E-state index < -0.39 is 0 Å². The largest absolute Gasteiger partial charge is 0.497 e. The number of carbonyl (C=O) groups excluding carboxylic acids is 1. The molecule has 1 aromatic rings. The Morgan fingerprint density at radius 2 is 2.16 bits per heavy atom. The average Bonchev–Trinajstić information content (AvgIpc) is 3.24. The summed E-state index contributed by atoms with van der Waals surface area (Å²) in [5.41, 5.74) is 1.78.